The number of fused-ring (bicyclic) bond motifs is 1. The van der Waals surface area contributed by atoms with E-state index in [1.54, 1.807) is 4.90 Å². The first-order valence-electron chi connectivity index (χ1n) is 9.15. The quantitative estimate of drug-likeness (QED) is 0.833. The summed E-state index contributed by atoms with van der Waals surface area (Å²) < 4.78 is 1.95. The molecule has 24 heavy (non-hydrogen) atoms. The van der Waals surface area contributed by atoms with Gasteiger partial charge in [-0.3, -0.25) is 9.59 Å². The highest BCUT2D eigenvalue weighted by Crippen LogP contribution is 2.22. The van der Waals surface area contributed by atoms with Gasteiger partial charge in [0, 0.05) is 26.2 Å². The van der Waals surface area contributed by atoms with Crippen LogP contribution in [0.1, 0.15) is 79.7 Å². The zero-order valence-corrected chi connectivity index (χ0v) is 15.4. The summed E-state index contributed by atoms with van der Waals surface area (Å²) in [6.07, 6.45) is 5.75. The largest absolute Gasteiger partial charge is 0.347 e. The highest BCUT2D eigenvalue weighted by molar-refractivity contribution is 5.97. The monoisotopic (exact) mass is 334 g/mol. The SMILES string of the molecule is CCCCN(C)C(=O)c1nc(C(=O)NC(C)CC)n2c1CCCC2. The lowest BCUT2D eigenvalue weighted by molar-refractivity contribution is 0.0786. The van der Waals surface area contributed by atoms with Gasteiger partial charge in [-0.25, -0.2) is 4.98 Å². The fraction of sp³-hybridized carbons (Fsp3) is 0.722. The van der Waals surface area contributed by atoms with Crippen LogP contribution in [0.4, 0.5) is 0 Å². The van der Waals surface area contributed by atoms with Crippen LogP contribution >= 0.6 is 0 Å². The number of aromatic nitrogens is 2. The Morgan fingerprint density at radius 3 is 2.75 bits per heavy atom. The molecule has 1 N–H and O–H groups in total. The van der Waals surface area contributed by atoms with Crippen LogP contribution in [0.2, 0.25) is 0 Å². The van der Waals surface area contributed by atoms with Gasteiger partial charge in [-0.1, -0.05) is 20.3 Å². The average Bonchev–Trinajstić information content (AvgIpc) is 2.98. The van der Waals surface area contributed by atoms with Gasteiger partial charge in [0.25, 0.3) is 11.8 Å². The van der Waals surface area contributed by atoms with Crippen molar-refractivity contribution < 1.29 is 9.59 Å². The van der Waals surface area contributed by atoms with Gasteiger partial charge in [0.2, 0.25) is 0 Å². The van der Waals surface area contributed by atoms with Gasteiger partial charge in [-0.2, -0.15) is 0 Å². The van der Waals surface area contributed by atoms with Crippen molar-refractivity contribution in [3.8, 4) is 0 Å². The molecule has 0 radical (unpaired) electrons. The number of carbonyl (C=O) groups excluding carboxylic acids is 2. The number of nitrogens with zero attached hydrogens (tertiary/aromatic N) is 3. The van der Waals surface area contributed by atoms with Gasteiger partial charge < -0.3 is 14.8 Å². The van der Waals surface area contributed by atoms with Crippen molar-refractivity contribution in [2.24, 2.45) is 0 Å². The van der Waals surface area contributed by atoms with Crippen LogP contribution < -0.4 is 5.32 Å². The van der Waals surface area contributed by atoms with Gasteiger partial charge in [0.15, 0.2) is 5.82 Å². The molecule has 6 heteroatoms. The summed E-state index contributed by atoms with van der Waals surface area (Å²) in [7, 11) is 1.81. The first-order valence-corrected chi connectivity index (χ1v) is 9.15. The number of hydrogen-bond donors (Lipinski definition) is 1. The highest BCUT2D eigenvalue weighted by atomic mass is 16.2. The van der Waals surface area contributed by atoms with E-state index in [9.17, 15) is 9.59 Å². The summed E-state index contributed by atoms with van der Waals surface area (Å²) in [6, 6.07) is 0.0976. The van der Waals surface area contributed by atoms with Crippen LogP contribution in [0, 0.1) is 0 Å². The molecule has 134 valence electrons. The number of nitrogens with one attached hydrogen (secondary N) is 1. The average molecular weight is 334 g/mol. The van der Waals surface area contributed by atoms with E-state index < -0.39 is 0 Å². The molecule has 2 heterocycles. The second-order valence-electron chi connectivity index (χ2n) is 6.70. The normalized spacial score (nSPS) is 14.8. The van der Waals surface area contributed by atoms with Crippen molar-refractivity contribution in [2.75, 3.05) is 13.6 Å². The van der Waals surface area contributed by atoms with E-state index in [1.165, 1.54) is 0 Å². The van der Waals surface area contributed by atoms with Crippen molar-refractivity contribution in [1.82, 2.24) is 19.8 Å². The van der Waals surface area contributed by atoms with E-state index in [4.69, 9.17) is 0 Å². The first-order chi connectivity index (χ1) is 11.5. The van der Waals surface area contributed by atoms with Crippen LogP contribution in [-0.2, 0) is 13.0 Å². The minimum Gasteiger partial charge on any atom is -0.347 e. The maximum Gasteiger partial charge on any atom is 0.287 e. The van der Waals surface area contributed by atoms with Crippen LogP contribution in [0.5, 0.6) is 0 Å². The predicted molar refractivity (Wildman–Crippen MR) is 94.3 cm³/mol. The summed E-state index contributed by atoms with van der Waals surface area (Å²) in [6.45, 7) is 7.59. The standard InChI is InChI=1S/C18H30N4O2/c1-5-7-11-21(4)18(24)15-14-10-8-9-12-22(14)16(20-15)17(23)19-13(3)6-2/h13H,5-12H2,1-4H3,(H,19,23). The molecular formula is C18H30N4O2. The van der Waals surface area contributed by atoms with Gasteiger partial charge in [0.05, 0.1) is 5.69 Å². The summed E-state index contributed by atoms with van der Waals surface area (Å²) in [5.41, 5.74) is 1.38. The minimum atomic E-state index is -0.178. The van der Waals surface area contributed by atoms with Crippen LogP contribution in [0.25, 0.3) is 0 Å². The molecule has 0 saturated heterocycles. The molecule has 1 aliphatic heterocycles. The number of imidazole rings is 1. The maximum atomic E-state index is 12.8. The summed E-state index contributed by atoms with van der Waals surface area (Å²) in [4.78, 5) is 31.5. The van der Waals surface area contributed by atoms with Crippen LogP contribution in [0.15, 0.2) is 0 Å². The summed E-state index contributed by atoms with van der Waals surface area (Å²) >= 11 is 0. The lowest BCUT2D eigenvalue weighted by Gasteiger charge is -2.19. The molecule has 0 bridgehead atoms. The minimum absolute atomic E-state index is 0.0725. The van der Waals surface area contributed by atoms with Gasteiger partial charge >= 0.3 is 0 Å². The lowest BCUT2D eigenvalue weighted by atomic mass is 10.1. The van der Waals surface area contributed by atoms with Crippen LogP contribution in [-0.4, -0.2) is 45.9 Å². The van der Waals surface area contributed by atoms with Crippen molar-refractivity contribution >= 4 is 11.8 Å². The summed E-state index contributed by atoms with van der Waals surface area (Å²) in [5.74, 6) is 0.136. The Balaban J connectivity index is 2.29. The Kier molecular flexibility index (Phi) is 6.40. The molecular weight excluding hydrogens is 304 g/mol. The molecule has 6 nitrogen and oxygen atoms in total. The number of rotatable bonds is 7. The number of hydrogen-bond acceptors (Lipinski definition) is 3. The number of unbranched alkanes of at least 4 members (excludes halogenated alkanes) is 1. The third-order valence-corrected chi connectivity index (χ3v) is 4.71. The van der Waals surface area contributed by atoms with E-state index in [1.807, 2.05) is 25.5 Å². The molecule has 2 rings (SSSR count). The van der Waals surface area contributed by atoms with E-state index in [-0.39, 0.29) is 17.9 Å². The Bertz CT molecular complexity index is 594. The molecule has 1 aromatic heterocycles. The van der Waals surface area contributed by atoms with E-state index >= 15 is 0 Å². The second kappa shape index (κ2) is 8.31. The second-order valence-corrected chi connectivity index (χ2v) is 6.70. The first kappa shape index (κ1) is 18.5. The van der Waals surface area contributed by atoms with Crippen LogP contribution in [0.3, 0.4) is 0 Å². The van der Waals surface area contributed by atoms with E-state index in [0.717, 1.165) is 57.3 Å². The molecule has 1 atom stereocenters. The molecule has 0 aliphatic carbocycles. The lowest BCUT2D eigenvalue weighted by Crippen LogP contribution is -2.34. The third-order valence-electron chi connectivity index (χ3n) is 4.71. The number of carbonyl (C=O) groups is 2. The summed E-state index contributed by atoms with van der Waals surface area (Å²) in [5, 5.41) is 2.96. The predicted octanol–water partition coefficient (Wildman–Crippen LogP) is 2.62. The molecule has 0 fully saturated rings. The van der Waals surface area contributed by atoms with Crippen molar-refractivity contribution in [2.45, 2.75) is 71.9 Å². The molecule has 2 amide bonds. The zero-order chi connectivity index (χ0) is 17.7. The topological polar surface area (TPSA) is 67.2 Å². The smallest absolute Gasteiger partial charge is 0.287 e. The molecule has 1 aliphatic rings. The molecule has 0 spiro atoms. The van der Waals surface area contributed by atoms with Crippen molar-refractivity contribution in [1.29, 1.82) is 0 Å². The Morgan fingerprint density at radius 1 is 1.33 bits per heavy atom. The molecule has 0 saturated carbocycles. The third kappa shape index (κ3) is 3.97. The fourth-order valence-corrected chi connectivity index (χ4v) is 2.96. The van der Waals surface area contributed by atoms with Crippen molar-refractivity contribution in [3.63, 3.8) is 0 Å². The molecule has 0 aromatic carbocycles. The molecule has 1 unspecified atom stereocenters. The fourth-order valence-electron chi connectivity index (χ4n) is 2.96. The molecule has 1 aromatic rings. The Morgan fingerprint density at radius 2 is 2.08 bits per heavy atom. The zero-order valence-electron chi connectivity index (χ0n) is 15.4. The Hall–Kier alpha value is -1.85. The maximum absolute atomic E-state index is 12.8. The van der Waals surface area contributed by atoms with Gasteiger partial charge in [-0.15, -0.1) is 0 Å². The number of amides is 2. The van der Waals surface area contributed by atoms with E-state index in [2.05, 4.69) is 17.2 Å². The Labute approximate surface area is 144 Å². The van der Waals surface area contributed by atoms with Gasteiger partial charge in [0.1, 0.15) is 5.69 Å². The van der Waals surface area contributed by atoms with Gasteiger partial charge in [-0.05, 0) is 39.0 Å². The van der Waals surface area contributed by atoms with E-state index in [0.29, 0.717) is 11.5 Å². The van der Waals surface area contributed by atoms with Crippen molar-refractivity contribution in [3.05, 3.63) is 17.2 Å². The highest BCUT2D eigenvalue weighted by Gasteiger charge is 2.29.